The molecule has 1 nitrogen and oxygen atoms in total. The molecule has 9 heavy (non-hydrogen) atoms. The molecule has 0 amide bonds. The molecule has 0 radical (unpaired) electrons. The first kappa shape index (κ1) is 11.7. The molecule has 0 aliphatic carbocycles. The van der Waals surface area contributed by atoms with Crippen LogP contribution < -0.4 is 5.73 Å². The van der Waals surface area contributed by atoms with E-state index in [1.165, 1.54) is 12.8 Å². The topological polar surface area (TPSA) is 26.0 Å². The Hall–Kier alpha value is -0.0100. The molecule has 1 unspecified atom stereocenters. The molecule has 0 aromatic rings. The van der Waals surface area contributed by atoms with Crippen molar-refractivity contribution in [2.45, 2.75) is 32.2 Å². The molecule has 0 bridgehead atoms. The van der Waals surface area contributed by atoms with Crippen molar-refractivity contribution in [2.75, 3.05) is 0 Å². The Balaban J connectivity index is 0. The highest BCUT2D eigenvalue weighted by molar-refractivity contribution is 5.85. The van der Waals surface area contributed by atoms with Gasteiger partial charge in [0.05, 0.1) is 0 Å². The Morgan fingerprint density at radius 2 is 2.22 bits per heavy atom. The first-order valence-electron chi connectivity index (χ1n) is 3.19. The van der Waals surface area contributed by atoms with Gasteiger partial charge in [0, 0.05) is 6.04 Å². The normalized spacial score (nSPS) is 11.8. The Morgan fingerprint density at radius 1 is 1.67 bits per heavy atom. The van der Waals surface area contributed by atoms with Crippen LogP contribution in [-0.4, -0.2) is 6.04 Å². The summed E-state index contributed by atoms with van der Waals surface area (Å²) in [5.41, 5.74) is 5.54. The second-order valence-corrected chi connectivity index (χ2v) is 2.04. The fraction of sp³-hybridized carbons (Fsp3) is 0.714. The summed E-state index contributed by atoms with van der Waals surface area (Å²) in [5, 5.41) is 0. The van der Waals surface area contributed by atoms with Crippen molar-refractivity contribution in [3.63, 3.8) is 0 Å². The highest BCUT2D eigenvalue weighted by atomic mass is 35.5. The lowest BCUT2D eigenvalue weighted by atomic mass is 10.1. The lowest BCUT2D eigenvalue weighted by Crippen LogP contribution is -2.15. The molecule has 0 aliphatic rings. The van der Waals surface area contributed by atoms with E-state index in [0.717, 1.165) is 6.42 Å². The largest absolute Gasteiger partial charge is 0.324 e. The van der Waals surface area contributed by atoms with Gasteiger partial charge >= 0.3 is 0 Å². The van der Waals surface area contributed by atoms with Gasteiger partial charge in [-0.05, 0) is 6.42 Å². The number of hydrogen-bond donors (Lipinski definition) is 1. The summed E-state index contributed by atoms with van der Waals surface area (Å²) in [6, 6.07) is 0.218. The number of halogens is 1. The van der Waals surface area contributed by atoms with E-state index >= 15 is 0 Å². The van der Waals surface area contributed by atoms with E-state index in [-0.39, 0.29) is 18.4 Å². The maximum atomic E-state index is 5.54. The van der Waals surface area contributed by atoms with E-state index in [9.17, 15) is 0 Å². The molecule has 2 N–H and O–H groups in total. The standard InChI is InChI=1S/C7H15N.ClH/c1-3-5-6-7(8)4-2;/h4,7H,2-3,5-6,8H2,1H3;1H. The van der Waals surface area contributed by atoms with Crippen LogP contribution in [0, 0.1) is 0 Å². The Labute approximate surface area is 63.7 Å². The van der Waals surface area contributed by atoms with Gasteiger partial charge in [0.25, 0.3) is 0 Å². The number of unbranched alkanes of at least 4 members (excludes halogenated alkanes) is 1. The third-order valence-corrected chi connectivity index (χ3v) is 1.19. The van der Waals surface area contributed by atoms with Crippen LogP contribution in [-0.2, 0) is 0 Å². The van der Waals surface area contributed by atoms with Crippen LogP contribution in [0.2, 0.25) is 0 Å². The molecule has 0 saturated heterocycles. The Morgan fingerprint density at radius 3 is 2.56 bits per heavy atom. The summed E-state index contributed by atoms with van der Waals surface area (Å²) < 4.78 is 0. The van der Waals surface area contributed by atoms with Crippen LogP contribution in [0.5, 0.6) is 0 Å². The summed E-state index contributed by atoms with van der Waals surface area (Å²) in [6.45, 7) is 5.75. The molecule has 56 valence electrons. The van der Waals surface area contributed by atoms with Gasteiger partial charge < -0.3 is 5.73 Å². The van der Waals surface area contributed by atoms with E-state index in [4.69, 9.17) is 5.73 Å². The molecular weight excluding hydrogens is 134 g/mol. The molecule has 0 fully saturated rings. The van der Waals surface area contributed by atoms with Crippen LogP contribution in [0.1, 0.15) is 26.2 Å². The number of rotatable bonds is 4. The molecule has 0 aromatic carbocycles. The average molecular weight is 150 g/mol. The summed E-state index contributed by atoms with van der Waals surface area (Å²) in [7, 11) is 0. The zero-order valence-corrected chi connectivity index (χ0v) is 6.79. The first-order valence-corrected chi connectivity index (χ1v) is 3.19. The van der Waals surface area contributed by atoms with Crippen LogP contribution in [0.4, 0.5) is 0 Å². The van der Waals surface area contributed by atoms with Crippen molar-refractivity contribution in [3.8, 4) is 0 Å². The van der Waals surface area contributed by atoms with Gasteiger partial charge in [-0.25, -0.2) is 0 Å². The Bertz CT molecular complexity index is 63.9. The molecule has 0 saturated carbocycles. The molecule has 0 heterocycles. The van der Waals surface area contributed by atoms with Gasteiger partial charge in [-0.1, -0.05) is 25.8 Å². The summed E-state index contributed by atoms with van der Waals surface area (Å²) in [4.78, 5) is 0. The maximum Gasteiger partial charge on any atom is 0.0221 e. The van der Waals surface area contributed by atoms with Gasteiger partial charge in [0.2, 0.25) is 0 Å². The second-order valence-electron chi connectivity index (χ2n) is 2.04. The second kappa shape index (κ2) is 7.99. The zero-order chi connectivity index (χ0) is 6.41. The Kier molecular flexibility index (Phi) is 10.4. The van der Waals surface area contributed by atoms with E-state index in [0.29, 0.717) is 0 Å². The van der Waals surface area contributed by atoms with Crippen molar-refractivity contribution in [1.82, 2.24) is 0 Å². The van der Waals surface area contributed by atoms with Crippen LogP contribution in [0.25, 0.3) is 0 Å². The zero-order valence-electron chi connectivity index (χ0n) is 5.97. The fourth-order valence-electron chi connectivity index (χ4n) is 0.558. The molecule has 1 atom stereocenters. The van der Waals surface area contributed by atoms with E-state index in [1.807, 2.05) is 0 Å². The van der Waals surface area contributed by atoms with Crippen molar-refractivity contribution >= 4 is 12.4 Å². The summed E-state index contributed by atoms with van der Waals surface area (Å²) >= 11 is 0. The van der Waals surface area contributed by atoms with Gasteiger partial charge in [-0.15, -0.1) is 19.0 Å². The van der Waals surface area contributed by atoms with Gasteiger partial charge in [-0.2, -0.15) is 0 Å². The molecule has 0 aliphatic heterocycles. The predicted molar refractivity (Wildman–Crippen MR) is 44.9 cm³/mol. The minimum Gasteiger partial charge on any atom is -0.324 e. The quantitative estimate of drug-likeness (QED) is 0.609. The minimum atomic E-state index is 0. The third kappa shape index (κ3) is 7.99. The van der Waals surface area contributed by atoms with Crippen LogP contribution in [0.15, 0.2) is 12.7 Å². The maximum absolute atomic E-state index is 5.54. The number of nitrogens with two attached hydrogens (primary N) is 1. The first-order chi connectivity index (χ1) is 3.81. The van der Waals surface area contributed by atoms with Crippen LogP contribution in [0.3, 0.4) is 0 Å². The lowest BCUT2D eigenvalue weighted by Gasteiger charge is -2.01. The van der Waals surface area contributed by atoms with Crippen LogP contribution >= 0.6 is 12.4 Å². The predicted octanol–water partition coefficient (Wildman–Crippen LogP) is 2.11. The highest BCUT2D eigenvalue weighted by Crippen LogP contribution is 1.97. The highest BCUT2D eigenvalue weighted by Gasteiger charge is 1.91. The number of hydrogen-bond acceptors (Lipinski definition) is 1. The molecule has 0 rings (SSSR count). The smallest absolute Gasteiger partial charge is 0.0221 e. The monoisotopic (exact) mass is 149 g/mol. The van der Waals surface area contributed by atoms with E-state index in [1.54, 1.807) is 6.08 Å². The lowest BCUT2D eigenvalue weighted by molar-refractivity contribution is 0.656. The summed E-state index contributed by atoms with van der Waals surface area (Å²) in [5.74, 6) is 0. The van der Waals surface area contributed by atoms with Crippen molar-refractivity contribution in [2.24, 2.45) is 5.73 Å². The average Bonchev–Trinajstić information content (AvgIpc) is 1.83. The summed E-state index contributed by atoms with van der Waals surface area (Å²) in [6.07, 6.45) is 5.32. The van der Waals surface area contributed by atoms with Crippen molar-refractivity contribution in [3.05, 3.63) is 12.7 Å². The van der Waals surface area contributed by atoms with Crippen molar-refractivity contribution < 1.29 is 0 Å². The fourth-order valence-corrected chi connectivity index (χ4v) is 0.558. The van der Waals surface area contributed by atoms with E-state index in [2.05, 4.69) is 13.5 Å². The van der Waals surface area contributed by atoms with Gasteiger partial charge in [0.1, 0.15) is 0 Å². The van der Waals surface area contributed by atoms with Gasteiger partial charge in [-0.3, -0.25) is 0 Å². The molecule has 0 aromatic heterocycles. The van der Waals surface area contributed by atoms with Gasteiger partial charge in [0.15, 0.2) is 0 Å². The van der Waals surface area contributed by atoms with E-state index < -0.39 is 0 Å². The SMILES string of the molecule is C=CC(N)CCCC.Cl. The van der Waals surface area contributed by atoms with Crippen molar-refractivity contribution in [1.29, 1.82) is 0 Å². The third-order valence-electron chi connectivity index (χ3n) is 1.19. The molecular formula is C7H16ClN. The minimum absolute atomic E-state index is 0. The molecule has 0 spiro atoms. The molecule has 2 heteroatoms.